The maximum absolute atomic E-state index is 8.45. The molecule has 0 aliphatic heterocycles. The number of nitrogens with zero attached hydrogens (tertiary/aromatic N) is 2. The minimum Gasteiger partial charge on any atom is -0.411 e. The van der Waals surface area contributed by atoms with Gasteiger partial charge < -0.3 is 5.21 Å². The van der Waals surface area contributed by atoms with E-state index in [4.69, 9.17) is 5.21 Å². The minimum absolute atomic E-state index is 0.614. The van der Waals surface area contributed by atoms with Crippen molar-refractivity contribution in [3.8, 4) is 0 Å². The van der Waals surface area contributed by atoms with Crippen molar-refractivity contribution in [1.82, 2.24) is 4.98 Å². The van der Waals surface area contributed by atoms with Crippen molar-refractivity contribution in [2.75, 3.05) is 0 Å². The Bertz CT molecular complexity index is 294. The molecule has 1 heterocycles. The summed E-state index contributed by atoms with van der Waals surface area (Å²) >= 11 is 0. The summed E-state index contributed by atoms with van der Waals surface area (Å²) in [4.78, 5) is 4.17. The van der Waals surface area contributed by atoms with Crippen LogP contribution in [0.5, 0.6) is 0 Å². The monoisotopic (exact) mass is 164 g/mol. The molecule has 1 aromatic heterocycles. The summed E-state index contributed by atoms with van der Waals surface area (Å²) in [5.74, 6) is 0. The Morgan fingerprint density at radius 3 is 3.00 bits per heavy atom. The molecule has 1 aromatic rings. The first-order valence-electron chi connectivity index (χ1n) is 3.82. The molecule has 0 saturated heterocycles. The zero-order chi connectivity index (χ0) is 8.97. The van der Waals surface area contributed by atoms with Crippen molar-refractivity contribution in [1.29, 1.82) is 0 Å². The van der Waals surface area contributed by atoms with E-state index in [0.29, 0.717) is 12.1 Å². The maximum atomic E-state index is 8.45. The predicted molar refractivity (Wildman–Crippen MR) is 47.6 cm³/mol. The summed E-state index contributed by atoms with van der Waals surface area (Å²) in [6, 6.07) is 3.89. The lowest BCUT2D eigenvalue weighted by Gasteiger charge is -2.01. The molecule has 0 saturated carbocycles. The molecule has 0 unspecified atom stereocenters. The molecule has 1 N–H and O–H groups in total. The molecule has 0 bridgehead atoms. The summed E-state index contributed by atoms with van der Waals surface area (Å²) < 4.78 is 0. The van der Waals surface area contributed by atoms with Crippen LogP contribution in [0.1, 0.15) is 18.2 Å². The average molecular weight is 164 g/mol. The summed E-state index contributed by atoms with van der Waals surface area (Å²) in [5.41, 5.74) is 2.77. The molecule has 3 nitrogen and oxygen atoms in total. The quantitative estimate of drug-likeness (QED) is 0.411. The van der Waals surface area contributed by atoms with Crippen molar-refractivity contribution in [3.05, 3.63) is 29.6 Å². The molecule has 0 amide bonds. The highest BCUT2D eigenvalue weighted by molar-refractivity contribution is 5.83. The average Bonchev–Trinajstić information content (AvgIpc) is 2.09. The molecule has 0 atom stereocenters. The van der Waals surface area contributed by atoms with E-state index in [1.165, 1.54) is 0 Å². The molecular weight excluding hydrogens is 152 g/mol. The first-order chi connectivity index (χ1) is 5.74. The van der Waals surface area contributed by atoms with E-state index < -0.39 is 0 Å². The van der Waals surface area contributed by atoms with Gasteiger partial charge in [0.05, 0.1) is 5.71 Å². The smallest absolute Gasteiger partial charge is 0.0599 e. The van der Waals surface area contributed by atoms with Gasteiger partial charge in [0.25, 0.3) is 0 Å². The van der Waals surface area contributed by atoms with Crippen molar-refractivity contribution in [2.45, 2.75) is 20.3 Å². The fraction of sp³-hybridized carbons (Fsp3) is 0.333. The highest BCUT2D eigenvalue weighted by Crippen LogP contribution is 2.04. The van der Waals surface area contributed by atoms with E-state index >= 15 is 0 Å². The van der Waals surface area contributed by atoms with E-state index in [-0.39, 0.29) is 0 Å². The molecule has 64 valence electrons. The molecule has 1 rings (SSSR count). The highest BCUT2D eigenvalue weighted by atomic mass is 16.4. The normalized spacial score (nSPS) is 11.7. The second kappa shape index (κ2) is 3.85. The van der Waals surface area contributed by atoms with E-state index in [0.717, 1.165) is 11.3 Å². The molecule has 0 aliphatic rings. The summed E-state index contributed by atoms with van der Waals surface area (Å²) in [6.07, 6.45) is 2.36. The lowest BCUT2D eigenvalue weighted by molar-refractivity contribution is 0.317. The number of aryl methyl sites for hydroxylation is 1. The lowest BCUT2D eigenvalue weighted by Crippen LogP contribution is -2.01. The molecule has 3 heteroatoms. The second-order valence-electron chi connectivity index (χ2n) is 2.78. The Morgan fingerprint density at radius 1 is 1.67 bits per heavy atom. The van der Waals surface area contributed by atoms with Gasteiger partial charge in [-0.3, -0.25) is 4.98 Å². The zero-order valence-corrected chi connectivity index (χ0v) is 7.28. The van der Waals surface area contributed by atoms with Gasteiger partial charge in [-0.15, -0.1) is 0 Å². The van der Waals surface area contributed by atoms with E-state index in [2.05, 4.69) is 10.1 Å². The third-order valence-corrected chi connectivity index (χ3v) is 1.71. The van der Waals surface area contributed by atoms with Crippen molar-refractivity contribution in [3.63, 3.8) is 0 Å². The molecule has 0 aromatic carbocycles. The van der Waals surface area contributed by atoms with E-state index in [9.17, 15) is 0 Å². The molecule has 0 aliphatic carbocycles. The van der Waals surface area contributed by atoms with Gasteiger partial charge in [0.1, 0.15) is 0 Å². The number of rotatable bonds is 2. The predicted octanol–water partition coefficient (Wildman–Crippen LogP) is 1.78. The van der Waals surface area contributed by atoms with Gasteiger partial charge in [0.2, 0.25) is 0 Å². The standard InChI is InChI=1S/C9H12N2O/c1-7-4-3-5-10-9(7)6-8(2)11-12/h3-5,12H,6H2,1-2H3/b11-8-. The van der Waals surface area contributed by atoms with Crippen LogP contribution in [0.3, 0.4) is 0 Å². The molecule has 12 heavy (non-hydrogen) atoms. The third-order valence-electron chi connectivity index (χ3n) is 1.71. The van der Waals surface area contributed by atoms with Crippen LogP contribution in [0.25, 0.3) is 0 Å². The highest BCUT2D eigenvalue weighted by Gasteiger charge is 2.00. The van der Waals surface area contributed by atoms with E-state index in [1.807, 2.05) is 19.1 Å². The van der Waals surface area contributed by atoms with Crippen LogP contribution in [-0.4, -0.2) is 15.9 Å². The first kappa shape index (κ1) is 8.71. The van der Waals surface area contributed by atoms with Crippen LogP contribution < -0.4 is 0 Å². The van der Waals surface area contributed by atoms with Gasteiger partial charge in [-0.2, -0.15) is 0 Å². The summed E-state index contributed by atoms with van der Waals surface area (Å²) in [6.45, 7) is 3.76. The van der Waals surface area contributed by atoms with Crippen LogP contribution in [0.2, 0.25) is 0 Å². The van der Waals surface area contributed by atoms with E-state index in [1.54, 1.807) is 13.1 Å². The van der Waals surface area contributed by atoms with Crippen LogP contribution in [0, 0.1) is 6.92 Å². The third kappa shape index (κ3) is 2.05. The van der Waals surface area contributed by atoms with Crippen LogP contribution in [0.4, 0.5) is 0 Å². The Kier molecular flexibility index (Phi) is 2.80. The number of aromatic nitrogens is 1. The zero-order valence-electron chi connectivity index (χ0n) is 7.28. The Balaban J connectivity index is 2.82. The Labute approximate surface area is 71.8 Å². The SMILES string of the molecule is C/C(Cc1ncccc1C)=N/O. The van der Waals surface area contributed by atoms with Gasteiger partial charge in [-0.05, 0) is 25.5 Å². The summed E-state index contributed by atoms with van der Waals surface area (Å²) in [7, 11) is 0. The number of hydrogen-bond acceptors (Lipinski definition) is 3. The number of oxime groups is 1. The molecule has 0 fully saturated rings. The molecular formula is C9H12N2O. The lowest BCUT2D eigenvalue weighted by atomic mass is 10.1. The number of pyridine rings is 1. The van der Waals surface area contributed by atoms with Crippen molar-refractivity contribution < 1.29 is 5.21 Å². The Hall–Kier alpha value is -1.38. The van der Waals surface area contributed by atoms with Crippen LogP contribution >= 0.6 is 0 Å². The molecule has 0 spiro atoms. The Morgan fingerprint density at radius 2 is 2.42 bits per heavy atom. The van der Waals surface area contributed by atoms with Gasteiger partial charge in [0.15, 0.2) is 0 Å². The largest absolute Gasteiger partial charge is 0.411 e. The number of hydrogen-bond donors (Lipinski definition) is 1. The summed E-state index contributed by atoms with van der Waals surface area (Å²) in [5, 5.41) is 11.5. The van der Waals surface area contributed by atoms with Gasteiger partial charge in [-0.25, -0.2) is 0 Å². The fourth-order valence-electron chi connectivity index (χ4n) is 0.981. The first-order valence-corrected chi connectivity index (χ1v) is 3.82. The fourth-order valence-corrected chi connectivity index (χ4v) is 0.981. The second-order valence-corrected chi connectivity index (χ2v) is 2.78. The minimum atomic E-state index is 0.614. The maximum Gasteiger partial charge on any atom is 0.0599 e. The van der Waals surface area contributed by atoms with Gasteiger partial charge in [-0.1, -0.05) is 11.2 Å². The topological polar surface area (TPSA) is 45.5 Å². The van der Waals surface area contributed by atoms with Crippen LogP contribution in [-0.2, 0) is 6.42 Å². The van der Waals surface area contributed by atoms with Gasteiger partial charge >= 0.3 is 0 Å². The molecule has 0 radical (unpaired) electrons. The van der Waals surface area contributed by atoms with Crippen molar-refractivity contribution in [2.24, 2.45) is 5.16 Å². The van der Waals surface area contributed by atoms with Crippen LogP contribution in [0.15, 0.2) is 23.5 Å². The van der Waals surface area contributed by atoms with Gasteiger partial charge in [0, 0.05) is 18.3 Å². The van der Waals surface area contributed by atoms with Crippen molar-refractivity contribution >= 4 is 5.71 Å².